The lowest BCUT2D eigenvalue weighted by Gasteiger charge is -2.13. The van der Waals surface area contributed by atoms with Crippen LogP contribution in [0.25, 0.3) is 11.1 Å². The largest absolute Gasteiger partial charge is 0.497 e. The zero-order valence-corrected chi connectivity index (χ0v) is 13.8. The van der Waals surface area contributed by atoms with E-state index in [0.717, 1.165) is 22.4 Å². The first-order valence-electron chi connectivity index (χ1n) is 7.99. The number of aryl methyl sites for hydroxylation is 1. The summed E-state index contributed by atoms with van der Waals surface area (Å²) in [6, 6.07) is 8.03. The second kappa shape index (κ2) is 6.41. The fourth-order valence-electron chi connectivity index (χ4n) is 2.80. The highest BCUT2D eigenvalue weighted by molar-refractivity contribution is 5.95. The Labute approximate surface area is 136 Å². The third-order valence-electron chi connectivity index (χ3n) is 4.43. The van der Waals surface area contributed by atoms with Gasteiger partial charge in [-0.05, 0) is 61.9 Å². The molecule has 4 nitrogen and oxygen atoms in total. The maximum Gasteiger partial charge on any atom is 0.253 e. The summed E-state index contributed by atoms with van der Waals surface area (Å²) in [7, 11) is 1.65. The highest BCUT2D eigenvalue weighted by atomic mass is 16.5. The van der Waals surface area contributed by atoms with Crippen LogP contribution in [-0.4, -0.2) is 24.0 Å². The Bertz CT molecular complexity index is 723. The molecule has 4 heteroatoms. The maximum atomic E-state index is 12.4. The molecule has 0 radical (unpaired) electrons. The van der Waals surface area contributed by atoms with Gasteiger partial charge in [-0.15, -0.1) is 0 Å². The molecule has 120 valence electrons. The fourth-order valence-corrected chi connectivity index (χ4v) is 2.80. The minimum atomic E-state index is -0.0510. The molecule has 1 saturated carbocycles. The third kappa shape index (κ3) is 3.52. The van der Waals surface area contributed by atoms with Gasteiger partial charge in [0.05, 0.1) is 12.7 Å². The van der Waals surface area contributed by atoms with Gasteiger partial charge in [0.2, 0.25) is 0 Å². The average Bonchev–Trinajstić information content (AvgIpc) is 3.39. The van der Waals surface area contributed by atoms with Crippen molar-refractivity contribution >= 4 is 5.91 Å². The Morgan fingerprint density at radius 1 is 1.30 bits per heavy atom. The van der Waals surface area contributed by atoms with Crippen molar-refractivity contribution in [3.63, 3.8) is 0 Å². The molecule has 1 unspecified atom stereocenters. The Morgan fingerprint density at radius 3 is 2.74 bits per heavy atom. The van der Waals surface area contributed by atoms with Gasteiger partial charge in [0.15, 0.2) is 0 Å². The second-order valence-electron chi connectivity index (χ2n) is 6.24. The van der Waals surface area contributed by atoms with E-state index in [-0.39, 0.29) is 11.9 Å². The van der Waals surface area contributed by atoms with Crippen LogP contribution in [0.4, 0.5) is 0 Å². The van der Waals surface area contributed by atoms with E-state index >= 15 is 0 Å². The van der Waals surface area contributed by atoms with Crippen LogP contribution in [0.3, 0.4) is 0 Å². The number of hydrogen-bond acceptors (Lipinski definition) is 3. The van der Waals surface area contributed by atoms with Crippen LogP contribution < -0.4 is 10.1 Å². The predicted octanol–water partition coefficient (Wildman–Crippen LogP) is 3.59. The first-order chi connectivity index (χ1) is 11.1. The van der Waals surface area contributed by atoms with Crippen LogP contribution in [0.15, 0.2) is 36.7 Å². The number of aromatic nitrogens is 1. The molecule has 1 amide bonds. The van der Waals surface area contributed by atoms with Crippen molar-refractivity contribution < 1.29 is 9.53 Å². The number of pyridine rings is 1. The van der Waals surface area contributed by atoms with Crippen molar-refractivity contribution in [3.05, 3.63) is 47.8 Å². The van der Waals surface area contributed by atoms with Gasteiger partial charge in [0.25, 0.3) is 5.91 Å². The Kier molecular flexibility index (Phi) is 4.33. The minimum absolute atomic E-state index is 0.0510. The third-order valence-corrected chi connectivity index (χ3v) is 4.43. The standard InChI is InChI=1S/C19H22N2O2/c1-12-8-17(23-3)6-7-18(12)15-9-16(11-20-10-15)19(22)21-13(2)14-4-5-14/h6-11,13-14H,4-5H2,1-3H3,(H,21,22). The first-order valence-corrected chi connectivity index (χ1v) is 7.99. The van der Waals surface area contributed by atoms with E-state index in [1.807, 2.05) is 31.2 Å². The van der Waals surface area contributed by atoms with Crippen LogP contribution in [0.1, 0.15) is 35.7 Å². The molecule has 0 aliphatic heterocycles. The first kappa shape index (κ1) is 15.5. The minimum Gasteiger partial charge on any atom is -0.497 e. The SMILES string of the molecule is COc1ccc(-c2cncc(C(=O)NC(C)C3CC3)c2)c(C)c1. The zero-order chi connectivity index (χ0) is 16.4. The van der Waals surface area contributed by atoms with Crippen molar-refractivity contribution in [3.8, 4) is 16.9 Å². The number of carbonyl (C=O) groups excluding carboxylic acids is 1. The van der Waals surface area contributed by atoms with Gasteiger partial charge < -0.3 is 10.1 Å². The number of carbonyl (C=O) groups is 1. The molecule has 23 heavy (non-hydrogen) atoms. The van der Waals surface area contributed by atoms with E-state index in [4.69, 9.17) is 4.74 Å². The summed E-state index contributed by atoms with van der Waals surface area (Å²) in [6.45, 7) is 4.10. The number of methoxy groups -OCH3 is 1. The number of nitrogens with zero attached hydrogens (tertiary/aromatic N) is 1. The summed E-state index contributed by atoms with van der Waals surface area (Å²) < 4.78 is 5.24. The lowest BCUT2D eigenvalue weighted by atomic mass is 10.0. The Hall–Kier alpha value is -2.36. The summed E-state index contributed by atoms with van der Waals surface area (Å²) in [6.07, 6.45) is 5.84. The van der Waals surface area contributed by atoms with E-state index in [9.17, 15) is 4.79 Å². The van der Waals surface area contributed by atoms with E-state index in [1.165, 1.54) is 12.8 Å². The van der Waals surface area contributed by atoms with Crippen molar-refractivity contribution in [2.45, 2.75) is 32.7 Å². The van der Waals surface area contributed by atoms with Crippen LogP contribution in [0, 0.1) is 12.8 Å². The van der Waals surface area contributed by atoms with E-state index in [2.05, 4.69) is 17.2 Å². The summed E-state index contributed by atoms with van der Waals surface area (Å²) in [5, 5.41) is 3.07. The highest BCUT2D eigenvalue weighted by Gasteiger charge is 2.29. The average molecular weight is 310 g/mol. The highest BCUT2D eigenvalue weighted by Crippen LogP contribution is 2.32. The van der Waals surface area contributed by atoms with Crippen LogP contribution in [0.5, 0.6) is 5.75 Å². The molecule has 1 atom stereocenters. The van der Waals surface area contributed by atoms with E-state index in [0.29, 0.717) is 11.5 Å². The lowest BCUT2D eigenvalue weighted by Crippen LogP contribution is -2.34. The molecule has 0 spiro atoms. The van der Waals surface area contributed by atoms with Gasteiger partial charge in [-0.2, -0.15) is 0 Å². The Morgan fingerprint density at radius 2 is 2.09 bits per heavy atom. The molecule has 1 N–H and O–H groups in total. The number of hydrogen-bond donors (Lipinski definition) is 1. The van der Waals surface area contributed by atoms with E-state index < -0.39 is 0 Å². The van der Waals surface area contributed by atoms with Gasteiger partial charge in [0.1, 0.15) is 5.75 Å². The maximum absolute atomic E-state index is 12.4. The van der Waals surface area contributed by atoms with Gasteiger partial charge in [-0.25, -0.2) is 0 Å². The quantitative estimate of drug-likeness (QED) is 0.918. The summed E-state index contributed by atoms with van der Waals surface area (Å²) >= 11 is 0. The van der Waals surface area contributed by atoms with Crippen molar-refractivity contribution in [2.24, 2.45) is 5.92 Å². The van der Waals surface area contributed by atoms with Crippen LogP contribution in [-0.2, 0) is 0 Å². The molecule has 1 aliphatic carbocycles. The van der Waals surface area contributed by atoms with Gasteiger partial charge in [-0.1, -0.05) is 6.07 Å². The van der Waals surface area contributed by atoms with E-state index in [1.54, 1.807) is 19.5 Å². The monoisotopic (exact) mass is 310 g/mol. The molecule has 2 aromatic rings. The number of benzene rings is 1. The topological polar surface area (TPSA) is 51.2 Å². The van der Waals surface area contributed by atoms with Gasteiger partial charge >= 0.3 is 0 Å². The van der Waals surface area contributed by atoms with Crippen molar-refractivity contribution in [2.75, 3.05) is 7.11 Å². The van der Waals surface area contributed by atoms with Crippen molar-refractivity contribution in [1.29, 1.82) is 0 Å². The molecule has 1 fully saturated rings. The second-order valence-corrected chi connectivity index (χ2v) is 6.24. The molecule has 1 aromatic carbocycles. The van der Waals surface area contributed by atoms with Crippen LogP contribution >= 0.6 is 0 Å². The number of amides is 1. The summed E-state index contributed by atoms with van der Waals surface area (Å²) in [5.41, 5.74) is 3.69. The Balaban J connectivity index is 1.83. The fraction of sp³-hybridized carbons (Fsp3) is 0.368. The number of rotatable bonds is 5. The molecule has 0 saturated heterocycles. The van der Waals surface area contributed by atoms with Crippen molar-refractivity contribution in [1.82, 2.24) is 10.3 Å². The molecule has 3 rings (SSSR count). The lowest BCUT2D eigenvalue weighted by molar-refractivity contribution is 0.0935. The molecule has 1 aliphatic rings. The van der Waals surface area contributed by atoms with Crippen LogP contribution in [0.2, 0.25) is 0 Å². The molecule has 1 heterocycles. The zero-order valence-electron chi connectivity index (χ0n) is 13.8. The summed E-state index contributed by atoms with van der Waals surface area (Å²) in [5.74, 6) is 1.41. The molecular formula is C19H22N2O2. The smallest absolute Gasteiger partial charge is 0.253 e. The predicted molar refractivity (Wildman–Crippen MR) is 90.6 cm³/mol. The molecule has 1 aromatic heterocycles. The molecular weight excluding hydrogens is 288 g/mol. The molecule has 0 bridgehead atoms. The van der Waals surface area contributed by atoms with Gasteiger partial charge in [0, 0.05) is 24.0 Å². The summed E-state index contributed by atoms with van der Waals surface area (Å²) in [4.78, 5) is 16.6. The van der Waals surface area contributed by atoms with Gasteiger partial charge in [-0.3, -0.25) is 9.78 Å². The number of ether oxygens (including phenoxy) is 1. The normalized spacial score (nSPS) is 15.1. The number of nitrogens with one attached hydrogen (secondary N) is 1.